The number of ether oxygens (including phenoxy) is 2. The Morgan fingerprint density at radius 1 is 1.18 bits per heavy atom. The Balaban J connectivity index is 3.20. The van der Waals surface area contributed by atoms with Crippen LogP contribution in [-0.4, -0.2) is 26.9 Å². The molecule has 0 aromatic heterocycles. The zero-order valence-electron chi connectivity index (χ0n) is 7.93. The smallest absolute Gasteiger partial charge is 0.0804 e. The molecule has 0 heterocycles. The van der Waals surface area contributed by atoms with E-state index in [1.54, 1.807) is 14.2 Å². The van der Waals surface area contributed by atoms with Crippen LogP contribution in [0.25, 0.3) is 0 Å². The van der Waals surface area contributed by atoms with Crippen LogP contribution < -0.4 is 0 Å². The molecule has 0 amide bonds. The SMILES string of the molecule is CCCCCC(COC)OC. The van der Waals surface area contributed by atoms with Crippen LogP contribution in [0.2, 0.25) is 0 Å². The molecule has 0 spiro atoms. The fraction of sp³-hybridized carbons (Fsp3) is 1.00. The van der Waals surface area contributed by atoms with Gasteiger partial charge in [0, 0.05) is 14.2 Å². The van der Waals surface area contributed by atoms with Crippen LogP contribution >= 0.6 is 0 Å². The van der Waals surface area contributed by atoms with Gasteiger partial charge in [0.25, 0.3) is 0 Å². The van der Waals surface area contributed by atoms with Crippen molar-refractivity contribution in [2.75, 3.05) is 20.8 Å². The minimum Gasteiger partial charge on any atom is -0.382 e. The third kappa shape index (κ3) is 6.32. The standard InChI is InChI=1S/C9H20O2/c1-4-5-6-7-9(11-3)8-10-2/h9H,4-8H2,1-3H3. The lowest BCUT2D eigenvalue weighted by Crippen LogP contribution is -2.16. The molecule has 11 heavy (non-hydrogen) atoms. The molecule has 68 valence electrons. The summed E-state index contributed by atoms with van der Waals surface area (Å²) in [7, 11) is 3.46. The molecule has 1 unspecified atom stereocenters. The lowest BCUT2D eigenvalue weighted by Gasteiger charge is -2.13. The molecule has 0 aliphatic heterocycles. The Hall–Kier alpha value is -0.0800. The Morgan fingerprint density at radius 2 is 1.91 bits per heavy atom. The van der Waals surface area contributed by atoms with E-state index in [-0.39, 0.29) is 0 Å². The van der Waals surface area contributed by atoms with E-state index in [0.717, 1.165) is 13.0 Å². The van der Waals surface area contributed by atoms with E-state index in [2.05, 4.69) is 6.92 Å². The summed E-state index contributed by atoms with van der Waals surface area (Å²) in [6.07, 6.45) is 5.23. The van der Waals surface area contributed by atoms with Gasteiger partial charge >= 0.3 is 0 Å². The summed E-state index contributed by atoms with van der Waals surface area (Å²) < 4.78 is 10.2. The average Bonchev–Trinajstić information content (AvgIpc) is 2.03. The van der Waals surface area contributed by atoms with Gasteiger partial charge in [-0.15, -0.1) is 0 Å². The van der Waals surface area contributed by atoms with Crippen molar-refractivity contribution in [3.63, 3.8) is 0 Å². The maximum atomic E-state index is 5.21. The summed E-state index contributed by atoms with van der Waals surface area (Å²) in [4.78, 5) is 0. The van der Waals surface area contributed by atoms with E-state index in [1.165, 1.54) is 19.3 Å². The van der Waals surface area contributed by atoms with E-state index in [0.29, 0.717) is 6.10 Å². The number of rotatable bonds is 7. The maximum Gasteiger partial charge on any atom is 0.0804 e. The van der Waals surface area contributed by atoms with Gasteiger partial charge in [-0.2, -0.15) is 0 Å². The minimum absolute atomic E-state index is 0.298. The summed E-state index contributed by atoms with van der Waals surface area (Å²) in [5, 5.41) is 0. The van der Waals surface area contributed by atoms with Crippen LogP contribution in [0.1, 0.15) is 32.6 Å². The fourth-order valence-corrected chi connectivity index (χ4v) is 1.08. The van der Waals surface area contributed by atoms with Crippen molar-refractivity contribution >= 4 is 0 Å². The Morgan fingerprint density at radius 3 is 2.36 bits per heavy atom. The van der Waals surface area contributed by atoms with E-state index < -0.39 is 0 Å². The maximum absolute atomic E-state index is 5.21. The third-order valence-corrected chi connectivity index (χ3v) is 1.82. The summed E-state index contributed by atoms with van der Waals surface area (Å²) in [6.45, 7) is 2.93. The monoisotopic (exact) mass is 160 g/mol. The Bertz CT molecular complexity index is 74.0. The first-order valence-electron chi connectivity index (χ1n) is 4.36. The highest BCUT2D eigenvalue weighted by Crippen LogP contribution is 2.05. The van der Waals surface area contributed by atoms with Crippen molar-refractivity contribution < 1.29 is 9.47 Å². The van der Waals surface area contributed by atoms with Gasteiger partial charge in [0.15, 0.2) is 0 Å². The molecule has 0 saturated carbocycles. The van der Waals surface area contributed by atoms with E-state index >= 15 is 0 Å². The van der Waals surface area contributed by atoms with Crippen LogP contribution in [0.15, 0.2) is 0 Å². The topological polar surface area (TPSA) is 18.5 Å². The molecule has 0 aromatic rings. The zero-order valence-corrected chi connectivity index (χ0v) is 7.93. The quantitative estimate of drug-likeness (QED) is 0.532. The lowest BCUT2D eigenvalue weighted by atomic mass is 10.1. The van der Waals surface area contributed by atoms with E-state index in [9.17, 15) is 0 Å². The molecule has 0 aliphatic rings. The van der Waals surface area contributed by atoms with Gasteiger partial charge in [0.05, 0.1) is 12.7 Å². The highest BCUT2D eigenvalue weighted by atomic mass is 16.5. The Labute approximate surface area is 69.9 Å². The summed E-state index contributed by atoms with van der Waals surface area (Å²) in [5.74, 6) is 0. The first-order chi connectivity index (χ1) is 5.35. The molecule has 0 bridgehead atoms. The zero-order chi connectivity index (χ0) is 8.53. The predicted molar refractivity (Wildman–Crippen MR) is 46.8 cm³/mol. The number of hydrogen-bond acceptors (Lipinski definition) is 2. The van der Waals surface area contributed by atoms with Gasteiger partial charge in [-0.1, -0.05) is 26.2 Å². The number of hydrogen-bond donors (Lipinski definition) is 0. The van der Waals surface area contributed by atoms with Crippen LogP contribution in [0, 0.1) is 0 Å². The Kier molecular flexibility index (Phi) is 7.96. The van der Waals surface area contributed by atoms with Crippen LogP contribution in [0.3, 0.4) is 0 Å². The molecule has 0 radical (unpaired) electrons. The van der Waals surface area contributed by atoms with Gasteiger partial charge in [0.2, 0.25) is 0 Å². The lowest BCUT2D eigenvalue weighted by molar-refractivity contribution is 0.0221. The molecule has 1 atom stereocenters. The molecule has 0 aliphatic carbocycles. The van der Waals surface area contributed by atoms with E-state index in [4.69, 9.17) is 9.47 Å². The minimum atomic E-state index is 0.298. The molecule has 0 fully saturated rings. The number of methoxy groups -OCH3 is 2. The van der Waals surface area contributed by atoms with Crippen LogP contribution in [0.4, 0.5) is 0 Å². The molecule has 2 heteroatoms. The van der Waals surface area contributed by atoms with Crippen molar-refractivity contribution in [3.05, 3.63) is 0 Å². The van der Waals surface area contributed by atoms with Crippen molar-refractivity contribution in [1.82, 2.24) is 0 Å². The van der Waals surface area contributed by atoms with Crippen molar-refractivity contribution in [2.24, 2.45) is 0 Å². The fourth-order valence-electron chi connectivity index (χ4n) is 1.08. The van der Waals surface area contributed by atoms with Crippen LogP contribution in [0.5, 0.6) is 0 Å². The van der Waals surface area contributed by atoms with Crippen LogP contribution in [-0.2, 0) is 9.47 Å². The van der Waals surface area contributed by atoms with Crippen molar-refractivity contribution in [2.45, 2.75) is 38.7 Å². The second-order valence-electron chi connectivity index (χ2n) is 2.81. The highest BCUT2D eigenvalue weighted by Gasteiger charge is 2.04. The third-order valence-electron chi connectivity index (χ3n) is 1.82. The second-order valence-corrected chi connectivity index (χ2v) is 2.81. The predicted octanol–water partition coefficient (Wildman–Crippen LogP) is 2.23. The molecule has 0 aromatic carbocycles. The van der Waals surface area contributed by atoms with E-state index in [1.807, 2.05) is 0 Å². The van der Waals surface area contributed by atoms with Gasteiger partial charge < -0.3 is 9.47 Å². The highest BCUT2D eigenvalue weighted by molar-refractivity contribution is 4.55. The average molecular weight is 160 g/mol. The molecule has 2 nitrogen and oxygen atoms in total. The van der Waals surface area contributed by atoms with Gasteiger partial charge in [0.1, 0.15) is 0 Å². The molecular weight excluding hydrogens is 140 g/mol. The normalized spacial score (nSPS) is 13.4. The van der Waals surface area contributed by atoms with Gasteiger partial charge in [-0.3, -0.25) is 0 Å². The van der Waals surface area contributed by atoms with Crippen molar-refractivity contribution in [3.8, 4) is 0 Å². The largest absolute Gasteiger partial charge is 0.382 e. The molecule has 0 saturated heterocycles. The summed E-state index contributed by atoms with van der Waals surface area (Å²) >= 11 is 0. The van der Waals surface area contributed by atoms with Gasteiger partial charge in [-0.05, 0) is 6.42 Å². The first-order valence-corrected chi connectivity index (χ1v) is 4.36. The second kappa shape index (κ2) is 8.02. The molecular formula is C9H20O2. The molecule has 0 N–H and O–H groups in total. The first kappa shape index (κ1) is 10.9. The van der Waals surface area contributed by atoms with Crippen molar-refractivity contribution in [1.29, 1.82) is 0 Å². The molecule has 0 rings (SSSR count). The van der Waals surface area contributed by atoms with Gasteiger partial charge in [-0.25, -0.2) is 0 Å². The summed E-state index contributed by atoms with van der Waals surface area (Å²) in [5.41, 5.74) is 0. The summed E-state index contributed by atoms with van der Waals surface area (Å²) in [6, 6.07) is 0. The number of unbranched alkanes of at least 4 members (excludes halogenated alkanes) is 2.